The third-order valence-electron chi connectivity index (χ3n) is 3.98. The highest BCUT2D eigenvalue weighted by Gasteiger charge is 2.27. The van der Waals surface area contributed by atoms with Crippen LogP contribution in [0.3, 0.4) is 0 Å². The number of hydrogen-bond acceptors (Lipinski definition) is 2. The van der Waals surface area contributed by atoms with Crippen molar-refractivity contribution in [2.45, 2.75) is 44.6 Å². The average Bonchev–Trinajstić information content (AvgIpc) is 2.49. The van der Waals surface area contributed by atoms with E-state index in [9.17, 15) is 9.18 Å². The molecule has 0 bridgehead atoms. The second kappa shape index (κ2) is 7.39. The Balaban J connectivity index is 2.16. The van der Waals surface area contributed by atoms with Crippen molar-refractivity contribution < 1.29 is 9.18 Å². The minimum atomic E-state index is -0.439. The third kappa shape index (κ3) is 3.57. The summed E-state index contributed by atoms with van der Waals surface area (Å²) in [5.41, 5.74) is 5.74. The first-order valence-electron chi connectivity index (χ1n) is 7.49. The Morgan fingerprint density at radius 1 is 1.25 bits per heavy atom. The van der Waals surface area contributed by atoms with Crippen LogP contribution < -0.4 is 5.73 Å². The highest BCUT2D eigenvalue weighted by Crippen LogP contribution is 2.24. The SMILES string of the molecule is NCCCN(C(=O)c1ccccc1F)C1CCCCC1. The molecule has 1 aromatic rings. The summed E-state index contributed by atoms with van der Waals surface area (Å²) in [5.74, 6) is -0.630. The van der Waals surface area contributed by atoms with Crippen molar-refractivity contribution in [3.8, 4) is 0 Å². The first-order chi connectivity index (χ1) is 9.74. The van der Waals surface area contributed by atoms with Gasteiger partial charge in [0.2, 0.25) is 0 Å². The van der Waals surface area contributed by atoms with Gasteiger partial charge in [-0.05, 0) is 37.9 Å². The summed E-state index contributed by atoms with van der Waals surface area (Å²) in [4.78, 5) is 14.5. The normalized spacial score (nSPS) is 16.1. The molecule has 1 aliphatic rings. The number of rotatable bonds is 5. The van der Waals surface area contributed by atoms with Crippen molar-refractivity contribution in [1.82, 2.24) is 4.90 Å². The van der Waals surface area contributed by atoms with Crippen LogP contribution in [0.2, 0.25) is 0 Å². The summed E-state index contributed by atoms with van der Waals surface area (Å²) < 4.78 is 13.8. The Hall–Kier alpha value is -1.42. The zero-order valence-electron chi connectivity index (χ0n) is 11.9. The van der Waals surface area contributed by atoms with Crippen molar-refractivity contribution in [3.63, 3.8) is 0 Å². The van der Waals surface area contributed by atoms with Gasteiger partial charge in [0, 0.05) is 12.6 Å². The third-order valence-corrected chi connectivity index (χ3v) is 3.98. The zero-order chi connectivity index (χ0) is 14.4. The average molecular weight is 278 g/mol. The van der Waals surface area contributed by atoms with Crippen LogP contribution in [0.1, 0.15) is 48.9 Å². The van der Waals surface area contributed by atoms with Gasteiger partial charge in [-0.2, -0.15) is 0 Å². The van der Waals surface area contributed by atoms with Crippen LogP contribution in [0.25, 0.3) is 0 Å². The topological polar surface area (TPSA) is 46.3 Å². The first-order valence-corrected chi connectivity index (χ1v) is 7.49. The van der Waals surface area contributed by atoms with Gasteiger partial charge in [0.05, 0.1) is 5.56 Å². The van der Waals surface area contributed by atoms with E-state index in [2.05, 4.69) is 0 Å². The van der Waals surface area contributed by atoms with E-state index in [1.165, 1.54) is 12.5 Å². The van der Waals surface area contributed by atoms with Gasteiger partial charge in [-0.3, -0.25) is 4.79 Å². The molecule has 4 heteroatoms. The number of nitrogens with two attached hydrogens (primary N) is 1. The van der Waals surface area contributed by atoms with Crippen LogP contribution >= 0.6 is 0 Å². The number of carbonyl (C=O) groups is 1. The maximum Gasteiger partial charge on any atom is 0.257 e. The van der Waals surface area contributed by atoms with Gasteiger partial charge in [0.15, 0.2) is 0 Å². The molecule has 20 heavy (non-hydrogen) atoms. The van der Waals surface area contributed by atoms with E-state index in [-0.39, 0.29) is 17.5 Å². The van der Waals surface area contributed by atoms with Crippen LogP contribution in [-0.2, 0) is 0 Å². The molecule has 0 aromatic heterocycles. The molecule has 0 aliphatic heterocycles. The van der Waals surface area contributed by atoms with Crippen LogP contribution in [0.4, 0.5) is 4.39 Å². The molecule has 0 radical (unpaired) electrons. The Kier molecular flexibility index (Phi) is 5.53. The maximum atomic E-state index is 13.8. The number of nitrogens with zero attached hydrogens (tertiary/aromatic N) is 1. The van der Waals surface area contributed by atoms with Gasteiger partial charge < -0.3 is 10.6 Å². The second-order valence-electron chi connectivity index (χ2n) is 5.41. The van der Waals surface area contributed by atoms with Gasteiger partial charge in [-0.1, -0.05) is 31.4 Å². The quantitative estimate of drug-likeness (QED) is 0.900. The Morgan fingerprint density at radius 2 is 1.95 bits per heavy atom. The minimum Gasteiger partial charge on any atom is -0.336 e. The highest BCUT2D eigenvalue weighted by atomic mass is 19.1. The van der Waals surface area contributed by atoms with E-state index in [1.807, 2.05) is 4.90 Å². The van der Waals surface area contributed by atoms with Crippen molar-refractivity contribution in [2.75, 3.05) is 13.1 Å². The fourth-order valence-electron chi connectivity index (χ4n) is 2.89. The number of benzene rings is 1. The summed E-state index contributed by atoms with van der Waals surface area (Å²) in [6.07, 6.45) is 6.32. The summed E-state index contributed by atoms with van der Waals surface area (Å²) in [5, 5.41) is 0. The molecule has 0 unspecified atom stereocenters. The molecule has 1 aromatic carbocycles. The smallest absolute Gasteiger partial charge is 0.257 e. The fourth-order valence-corrected chi connectivity index (χ4v) is 2.89. The Bertz CT molecular complexity index is 444. The lowest BCUT2D eigenvalue weighted by Gasteiger charge is -2.34. The van der Waals surface area contributed by atoms with Crippen molar-refractivity contribution in [2.24, 2.45) is 5.73 Å². The van der Waals surface area contributed by atoms with Crippen molar-refractivity contribution in [3.05, 3.63) is 35.6 Å². The summed E-state index contributed by atoms with van der Waals surface area (Å²) in [6.45, 7) is 1.17. The van der Waals surface area contributed by atoms with Gasteiger partial charge in [0.1, 0.15) is 5.82 Å². The molecule has 1 amide bonds. The fraction of sp³-hybridized carbons (Fsp3) is 0.562. The van der Waals surface area contributed by atoms with E-state index < -0.39 is 5.82 Å². The lowest BCUT2D eigenvalue weighted by atomic mass is 9.93. The van der Waals surface area contributed by atoms with Gasteiger partial charge >= 0.3 is 0 Å². The molecule has 0 saturated heterocycles. The van der Waals surface area contributed by atoms with Gasteiger partial charge in [-0.25, -0.2) is 4.39 Å². The highest BCUT2D eigenvalue weighted by molar-refractivity contribution is 5.94. The van der Waals surface area contributed by atoms with E-state index in [0.717, 1.165) is 32.1 Å². The monoisotopic (exact) mass is 278 g/mol. The first kappa shape index (κ1) is 15.0. The summed E-state index contributed by atoms with van der Waals surface area (Å²) >= 11 is 0. The van der Waals surface area contributed by atoms with Crippen LogP contribution in [-0.4, -0.2) is 29.9 Å². The van der Waals surface area contributed by atoms with E-state index in [0.29, 0.717) is 13.1 Å². The minimum absolute atomic E-state index is 0.176. The Labute approximate surface area is 120 Å². The van der Waals surface area contributed by atoms with Crippen molar-refractivity contribution in [1.29, 1.82) is 0 Å². The van der Waals surface area contributed by atoms with Crippen LogP contribution in [0.5, 0.6) is 0 Å². The molecule has 0 atom stereocenters. The molecule has 0 spiro atoms. The number of amides is 1. The number of hydrogen-bond donors (Lipinski definition) is 1. The molecular formula is C16H23FN2O. The molecule has 1 aliphatic carbocycles. The molecule has 1 fully saturated rings. The van der Waals surface area contributed by atoms with Gasteiger partial charge in [0.25, 0.3) is 5.91 Å². The van der Waals surface area contributed by atoms with Crippen molar-refractivity contribution >= 4 is 5.91 Å². The molecular weight excluding hydrogens is 255 g/mol. The lowest BCUT2D eigenvalue weighted by Crippen LogP contribution is -2.42. The predicted molar refractivity (Wildman–Crippen MR) is 78.0 cm³/mol. The van der Waals surface area contributed by atoms with Crippen LogP contribution in [0.15, 0.2) is 24.3 Å². The Morgan fingerprint density at radius 3 is 2.60 bits per heavy atom. The largest absolute Gasteiger partial charge is 0.336 e. The van der Waals surface area contributed by atoms with Crippen LogP contribution in [0, 0.1) is 5.82 Å². The van der Waals surface area contributed by atoms with E-state index >= 15 is 0 Å². The molecule has 2 N–H and O–H groups in total. The molecule has 1 saturated carbocycles. The maximum absolute atomic E-state index is 13.8. The second-order valence-corrected chi connectivity index (χ2v) is 5.41. The summed E-state index contributed by atoms with van der Waals surface area (Å²) in [7, 11) is 0. The molecule has 3 nitrogen and oxygen atoms in total. The molecule has 0 heterocycles. The molecule has 110 valence electrons. The molecule has 2 rings (SSSR count). The predicted octanol–water partition coefficient (Wildman–Crippen LogP) is 2.95. The van der Waals surface area contributed by atoms with E-state index in [1.54, 1.807) is 18.2 Å². The summed E-state index contributed by atoms with van der Waals surface area (Å²) in [6, 6.07) is 6.46. The van der Waals surface area contributed by atoms with Gasteiger partial charge in [-0.15, -0.1) is 0 Å². The van der Waals surface area contributed by atoms with E-state index in [4.69, 9.17) is 5.73 Å². The number of halogens is 1. The standard InChI is InChI=1S/C16H23FN2O/c17-15-10-5-4-9-14(15)16(20)19(12-6-11-18)13-7-2-1-3-8-13/h4-5,9-10,13H,1-3,6-8,11-12,18H2. The zero-order valence-corrected chi connectivity index (χ0v) is 11.9. The number of carbonyl (C=O) groups excluding carboxylic acids is 1. The lowest BCUT2D eigenvalue weighted by molar-refractivity contribution is 0.0628.